The number of aliphatic hydroxyl groups is 1. The highest BCUT2D eigenvalue weighted by Gasteiger charge is 2.36. The molecule has 1 fully saturated rings. The van der Waals surface area contributed by atoms with E-state index in [1.807, 2.05) is 0 Å². The summed E-state index contributed by atoms with van der Waals surface area (Å²) in [5.41, 5.74) is 4.48. The van der Waals surface area contributed by atoms with E-state index < -0.39 is 11.7 Å². The van der Waals surface area contributed by atoms with Gasteiger partial charge in [-0.25, -0.2) is 4.79 Å². The van der Waals surface area contributed by atoms with Gasteiger partial charge in [0.1, 0.15) is 0 Å². The average Bonchev–Trinajstić information content (AvgIpc) is 2.32. The van der Waals surface area contributed by atoms with Crippen LogP contribution in [0.5, 0.6) is 0 Å². The fourth-order valence-electron chi connectivity index (χ4n) is 1.59. The normalized spacial score (nSPS) is 35.0. The van der Waals surface area contributed by atoms with E-state index in [1.54, 1.807) is 0 Å². The van der Waals surface area contributed by atoms with Crippen molar-refractivity contribution in [2.45, 2.75) is 30.9 Å². The van der Waals surface area contributed by atoms with Crippen LogP contribution in [0.2, 0.25) is 0 Å². The first kappa shape index (κ1) is 9.28. The number of rotatable bonds is 2. The molecule has 0 spiro atoms. The second-order valence-electron chi connectivity index (χ2n) is 3.32. The van der Waals surface area contributed by atoms with Crippen LogP contribution in [0, 0.1) is 0 Å². The van der Waals surface area contributed by atoms with Gasteiger partial charge in [-0.1, -0.05) is 0 Å². The third-order valence-electron chi connectivity index (χ3n) is 2.29. The van der Waals surface area contributed by atoms with Crippen LogP contribution in [0.25, 0.3) is 0 Å². The highest BCUT2D eigenvalue weighted by Crippen LogP contribution is 2.28. The van der Waals surface area contributed by atoms with Crippen molar-refractivity contribution < 1.29 is 15.0 Å². The smallest absolute Gasteiger partial charge is 0.404 e. The zero-order chi connectivity index (χ0) is 9.19. The number of carboxylic acid groups (broad SMARTS) is 1. The first-order valence-corrected chi connectivity index (χ1v) is 3.98. The van der Waals surface area contributed by atoms with Gasteiger partial charge in [0.05, 0.1) is 5.60 Å². The molecular weight excluding hydrogens is 160 g/mol. The topological polar surface area (TPSA) is 95.6 Å². The summed E-state index contributed by atoms with van der Waals surface area (Å²) in [6.45, 7) is 0.199. The summed E-state index contributed by atoms with van der Waals surface area (Å²) in [4.78, 5) is 10.2. The van der Waals surface area contributed by atoms with Crippen molar-refractivity contribution in [1.82, 2.24) is 5.32 Å². The van der Waals surface area contributed by atoms with Crippen LogP contribution in [0.4, 0.5) is 4.79 Å². The van der Waals surface area contributed by atoms with Gasteiger partial charge in [0, 0.05) is 12.6 Å². The molecular formula is C7H14N2O3. The summed E-state index contributed by atoms with van der Waals surface area (Å²) < 4.78 is 0. The van der Waals surface area contributed by atoms with Crippen molar-refractivity contribution in [3.05, 3.63) is 0 Å². The molecule has 1 aliphatic rings. The third-order valence-corrected chi connectivity index (χ3v) is 2.29. The van der Waals surface area contributed by atoms with E-state index in [-0.39, 0.29) is 12.6 Å². The highest BCUT2D eigenvalue weighted by atomic mass is 16.4. The summed E-state index contributed by atoms with van der Waals surface area (Å²) in [6, 6.07) is -0.143. The summed E-state index contributed by atoms with van der Waals surface area (Å²) in [6.07, 6.45) is 0.630. The van der Waals surface area contributed by atoms with Crippen molar-refractivity contribution in [3.63, 3.8) is 0 Å². The van der Waals surface area contributed by atoms with Gasteiger partial charge in [0.25, 0.3) is 0 Å². The Hall–Kier alpha value is -0.810. The van der Waals surface area contributed by atoms with Crippen molar-refractivity contribution in [2.24, 2.45) is 5.73 Å². The number of amides is 1. The molecule has 1 saturated carbocycles. The Bertz CT molecular complexity index is 185. The highest BCUT2D eigenvalue weighted by molar-refractivity contribution is 5.64. The molecule has 1 unspecified atom stereocenters. The first-order valence-electron chi connectivity index (χ1n) is 3.98. The van der Waals surface area contributed by atoms with Gasteiger partial charge < -0.3 is 21.3 Å². The van der Waals surface area contributed by atoms with Gasteiger partial charge in [0.2, 0.25) is 0 Å². The lowest BCUT2D eigenvalue weighted by atomic mass is 10.0. The molecule has 5 heteroatoms. The number of hydrogen-bond donors (Lipinski definition) is 4. The molecule has 0 aliphatic heterocycles. The Morgan fingerprint density at radius 3 is 2.83 bits per heavy atom. The van der Waals surface area contributed by atoms with Crippen LogP contribution >= 0.6 is 0 Å². The summed E-state index contributed by atoms with van der Waals surface area (Å²) in [5.74, 6) is 0. The van der Waals surface area contributed by atoms with Gasteiger partial charge in [-0.3, -0.25) is 0 Å². The molecule has 1 aliphatic carbocycles. The van der Waals surface area contributed by atoms with E-state index in [9.17, 15) is 9.90 Å². The fraction of sp³-hybridized carbons (Fsp3) is 0.857. The molecule has 0 aromatic heterocycles. The molecule has 5 nitrogen and oxygen atoms in total. The molecule has 12 heavy (non-hydrogen) atoms. The van der Waals surface area contributed by atoms with Crippen molar-refractivity contribution >= 4 is 6.09 Å². The molecule has 5 N–H and O–H groups in total. The molecule has 0 saturated heterocycles. The molecule has 70 valence electrons. The quantitative estimate of drug-likeness (QED) is 0.453. The standard InChI is InChI=1S/C7H14N2O3/c8-4-7(12)2-1-5(3-7)9-6(10)11/h5,9,12H,1-4,8H2,(H,10,11)/t5-,7?/m1/s1. The largest absolute Gasteiger partial charge is 0.465 e. The van der Waals surface area contributed by atoms with Crippen LogP contribution in [-0.4, -0.2) is 34.5 Å². The fourth-order valence-corrected chi connectivity index (χ4v) is 1.59. The maximum Gasteiger partial charge on any atom is 0.404 e. The number of hydrogen-bond acceptors (Lipinski definition) is 3. The van der Waals surface area contributed by atoms with E-state index in [0.717, 1.165) is 0 Å². The first-order chi connectivity index (χ1) is 5.56. The Morgan fingerprint density at radius 1 is 1.75 bits per heavy atom. The minimum absolute atomic E-state index is 0.143. The number of carbonyl (C=O) groups is 1. The van der Waals surface area contributed by atoms with Crippen molar-refractivity contribution in [2.75, 3.05) is 6.54 Å². The lowest BCUT2D eigenvalue weighted by Crippen LogP contribution is -2.38. The van der Waals surface area contributed by atoms with Gasteiger partial charge in [-0.2, -0.15) is 0 Å². The van der Waals surface area contributed by atoms with Crippen LogP contribution in [0.3, 0.4) is 0 Å². The van der Waals surface area contributed by atoms with Crippen LogP contribution in [-0.2, 0) is 0 Å². The Morgan fingerprint density at radius 2 is 2.42 bits per heavy atom. The predicted molar refractivity (Wildman–Crippen MR) is 42.8 cm³/mol. The lowest BCUT2D eigenvalue weighted by Gasteiger charge is -2.19. The molecule has 1 amide bonds. The van der Waals surface area contributed by atoms with E-state index in [2.05, 4.69) is 5.32 Å². The summed E-state index contributed by atoms with van der Waals surface area (Å²) >= 11 is 0. The lowest BCUT2D eigenvalue weighted by molar-refractivity contribution is 0.0545. The van der Waals surface area contributed by atoms with Gasteiger partial charge >= 0.3 is 6.09 Å². The van der Waals surface area contributed by atoms with Gasteiger partial charge in [-0.15, -0.1) is 0 Å². The molecule has 0 aromatic rings. The maximum atomic E-state index is 10.2. The molecule has 1 rings (SSSR count). The molecule has 0 bridgehead atoms. The predicted octanol–water partition coefficient (Wildman–Crippen LogP) is -0.504. The third kappa shape index (κ3) is 2.09. The van der Waals surface area contributed by atoms with Crippen LogP contribution in [0.15, 0.2) is 0 Å². The summed E-state index contributed by atoms with van der Waals surface area (Å²) in [5, 5.41) is 20.4. The zero-order valence-corrected chi connectivity index (χ0v) is 6.79. The second-order valence-corrected chi connectivity index (χ2v) is 3.32. The molecule has 0 heterocycles. The molecule has 0 radical (unpaired) electrons. The maximum absolute atomic E-state index is 10.2. The van der Waals surface area contributed by atoms with Crippen molar-refractivity contribution in [1.29, 1.82) is 0 Å². The monoisotopic (exact) mass is 174 g/mol. The van der Waals surface area contributed by atoms with E-state index in [0.29, 0.717) is 19.3 Å². The van der Waals surface area contributed by atoms with Crippen molar-refractivity contribution in [3.8, 4) is 0 Å². The average molecular weight is 174 g/mol. The van der Waals surface area contributed by atoms with Gasteiger partial charge in [-0.05, 0) is 19.3 Å². The SMILES string of the molecule is NCC1(O)CC[C@@H](NC(=O)O)C1. The summed E-state index contributed by atoms with van der Waals surface area (Å²) in [7, 11) is 0. The molecule has 2 atom stereocenters. The number of nitrogens with two attached hydrogens (primary N) is 1. The zero-order valence-electron chi connectivity index (χ0n) is 6.79. The number of nitrogens with one attached hydrogen (secondary N) is 1. The molecule has 0 aromatic carbocycles. The second kappa shape index (κ2) is 3.28. The van der Waals surface area contributed by atoms with Gasteiger partial charge in [0.15, 0.2) is 0 Å². The van der Waals surface area contributed by atoms with E-state index in [4.69, 9.17) is 10.8 Å². The van der Waals surface area contributed by atoms with E-state index >= 15 is 0 Å². The van der Waals surface area contributed by atoms with Crippen LogP contribution in [0.1, 0.15) is 19.3 Å². The Balaban J connectivity index is 2.40. The minimum atomic E-state index is -1.04. The van der Waals surface area contributed by atoms with Crippen LogP contribution < -0.4 is 11.1 Å². The van der Waals surface area contributed by atoms with E-state index in [1.165, 1.54) is 0 Å². The Kier molecular flexibility index (Phi) is 2.54. The minimum Gasteiger partial charge on any atom is -0.465 e. The Labute approximate surface area is 70.6 Å².